The van der Waals surface area contributed by atoms with Crippen molar-refractivity contribution < 1.29 is 0 Å². The molecule has 1 N–H and O–H groups in total. The lowest BCUT2D eigenvalue weighted by Crippen LogP contribution is -2.21. The largest absolute Gasteiger partial charge is 0.314 e. The molecule has 21 heavy (non-hydrogen) atoms. The van der Waals surface area contributed by atoms with Gasteiger partial charge in [-0.1, -0.05) is 25.7 Å². The molecule has 2 aliphatic carbocycles. The van der Waals surface area contributed by atoms with Crippen molar-refractivity contribution in [1.82, 2.24) is 15.3 Å². The maximum atomic E-state index is 4.87. The van der Waals surface area contributed by atoms with E-state index in [1.54, 1.807) is 0 Å². The van der Waals surface area contributed by atoms with Gasteiger partial charge in [0, 0.05) is 23.3 Å². The predicted octanol–water partition coefficient (Wildman–Crippen LogP) is 3.83. The summed E-state index contributed by atoms with van der Waals surface area (Å²) in [5.74, 6) is 1.72. The first-order chi connectivity index (χ1) is 10.2. The fourth-order valence-corrected chi connectivity index (χ4v) is 3.54. The van der Waals surface area contributed by atoms with Gasteiger partial charge in [-0.3, -0.25) is 0 Å². The standard InChI is InChI=1S/C18H29N3/c1-13-17(11-12-19-16-9-10-16)14(2)21-18(20-13)15-7-5-3-4-6-8-15/h15-16,19H,3-12H2,1-2H3. The van der Waals surface area contributed by atoms with Gasteiger partial charge in [0.1, 0.15) is 5.82 Å². The predicted molar refractivity (Wildman–Crippen MR) is 86.7 cm³/mol. The molecule has 1 heterocycles. The topological polar surface area (TPSA) is 37.8 Å². The van der Waals surface area contributed by atoms with Crippen molar-refractivity contribution in [1.29, 1.82) is 0 Å². The molecule has 3 rings (SSSR count). The third-order valence-electron chi connectivity index (χ3n) is 5.04. The van der Waals surface area contributed by atoms with Crippen molar-refractivity contribution in [2.24, 2.45) is 0 Å². The zero-order chi connectivity index (χ0) is 14.7. The van der Waals surface area contributed by atoms with Crippen LogP contribution in [0, 0.1) is 13.8 Å². The van der Waals surface area contributed by atoms with Gasteiger partial charge in [-0.25, -0.2) is 9.97 Å². The molecule has 0 aliphatic heterocycles. The number of nitrogens with one attached hydrogen (secondary N) is 1. The van der Waals surface area contributed by atoms with Crippen LogP contribution in [-0.4, -0.2) is 22.6 Å². The van der Waals surface area contributed by atoms with Crippen LogP contribution in [0.5, 0.6) is 0 Å². The number of nitrogens with zero attached hydrogens (tertiary/aromatic N) is 2. The third kappa shape index (κ3) is 4.03. The summed E-state index contributed by atoms with van der Waals surface area (Å²) < 4.78 is 0. The molecule has 0 spiro atoms. The van der Waals surface area contributed by atoms with Gasteiger partial charge in [-0.05, 0) is 58.1 Å². The first kappa shape index (κ1) is 15.0. The summed E-state index contributed by atoms with van der Waals surface area (Å²) in [6.45, 7) is 5.40. The lowest BCUT2D eigenvalue weighted by Gasteiger charge is -2.16. The van der Waals surface area contributed by atoms with Crippen molar-refractivity contribution >= 4 is 0 Å². The number of hydrogen-bond donors (Lipinski definition) is 1. The second-order valence-corrected chi connectivity index (χ2v) is 6.90. The molecule has 0 saturated heterocycles. The van der Waals surface area contributed by atoms with Crippen molar-refractivity contribution in [2.75, 3.05) is 6.54 Å². The minimum absolute atomic E-state index is 0.600. The highest BCUT2D eigenvalue weighted by atomic mass is 14.9. The van der Waals surface area contributed by atoms with Crippen LogP contribution in [0.3, 0.4) is 0 Å². The number of aromatic nitrogens is 2. The van der Waals surface area contributed by atoms with Gasteiger partial charge in [0.25, 0.3) is 0 Å². The van der Waals surface area contributed by atoms with Crippen molar-refractivity contribution in [3.63, 3.8) is 0 Å². The van der Waals surface area contributed by atoms with E-state index in [2.05, 4.69) is 19.2 Å². The second kappa shape index (κ2) is 6.87. The Bertz CT molecular complexity index is 448. The van der Waals surface area contributed by atoms with E-state index < -0.39 is 0 Å². The molecule has 0 amide bonds. The normalized spacial score (nSPS) is 20.5. The summed E-state index contributed by atoms with van der Waals surface area (Å²) >= 11 is 0. The highest BCUT2D eigenvalue weighted by Crippen LogP contribution is 2.30. The van der Waals surface area contributed by atoms with Crippen LogP contribution >= 0.6 is 0 Å². The first-order valence-corrected chi connectivity index (χ1v) is 8.81. The molecule has 0 unspecified atom stereocenters. The number of aryl methyl sites for hydroxylation is 2. The molecular formula is C18H29N3. The maximum Gasteiger partial charge on any atom is 0.131 e. The van der Waals surface area contributed by atoms with Gasteiger partial charge >= 0.3 is 0 Å². The summed E-state index contributed by atoms with van der Waals surface area (Å²) in [4.78, 5) is 9.75. The maximum absolute atomic E-state index is 4.87. The molecule has 116 valence electrons. The van der Waals surface area contributed by atoms with Gasteiger partial charge in [0.2, 0.25) is 0 Å². The number of hydrogen-bond acceptors (Lipinski definition) is 3. The Morgan fingerprint density at radius 1 is 0.905 bits per heavy atom. The van der Waals surface area contributed by atoms with E-state index >= 15 is 0 Å². The van der Waals surface area contributed by atoms with Crippen LogP contribution in [0.15, 0.2) is 0 Å². The van der Waals surface area contributed by atoms with Crippen LogP contribution in [0.2, 0.25) is 0 Å². The Balaban J connectivity index is 1.68. The molecular weight excluding hydrogens is 258 g/mol. The fourth-order valence-electron chi connectivity index (χ4n) is 3.54. The van der Waals surface area contributed by atoms with Crippen LogP contribution in [0.25, 0.3) is 0 Å². The van der Waals surface area contributed by atoms with Crippen molar-refractivity contribution in [3.05, 3.63) is 22.8 Å². The van der Waals surface area contributed by atoms with Crippen molar-refractivity contribution in [2.45, 2.75) is 83.6 Å². The smallest absolute Gasteiger partial charge is 0.131 e. The van der Waals surface area contributed by atoms with E-state index in [9.17, 15) is 0 Å². The quantitative estimate of drug-likeness (QED) is 0.836. The first-order valence-electron chi connectivity index (χ1n) is 8.81. The Morgan fingerprint density at radius 2 is 1.52 bits per heavy atom. The zero-order valence-corrected chi connectivity index (χ0v) is 13.6. The van der Waals surface area contributed by atoms with Gasteiger partial charge in [-0.15, -0.1) is 0 Å². The minimum atomic E-state index is 0.600. The van der Waals surface area contributed by atoms with Gasteiger partial charge in [0.15, 0.2) is 0 Å². The van der Waals surface area contributed by atoms with Gasteiger partial charge in [0.05, 0.1) is 0 Å². The van der Waals surface area contributed by atoms with Crippen LogP contribution < -0.4 is 5.32 Å². The Hall–Kier alpha value is -0.960. The lowest BCUT2D eigenvalue weighted by molar-refractivity contribution is 0.554. The fraction of sp³-hybridized carbons (Fsp3) is 0.778. The molecule has 0 bridgehead atoms. The average Bonchev–Trinajstić information content (AvgIpc) is 3.28. The molecule has 1 aromatic rings. The molecule has 0 aromatic carbocycles. The van der Waals surface area contributed by atoms with Crippen molar-refractivity contribution in [3.8, 4) is 0 Å². The molecule has 2 saturated carbocycles. The summed E-state index contributed by atoms with van der Waals surface area (Å²) in [7, 11) is 0. The molecule has 0 atom stereocenters. The Morgan fingerprint density at radius 3 is 2.10 bits per heavy atom. The summed E-state index contributed by atoms with van der Waals surface area (Å²) in [5.41, 5.74) is 3.78. The summed E-state index contributed by atoms with van der Waals surface area (Å²) in [5, 5.41) is 3.59. The van der Waals surface area contributed by atoms with Gasteiger partial charge < -0.3 is 5.32 Å². The van der Waals surface area contributed by atoms with E-state index in [-0.39, 0.29) is 0 Å². The monoisotopic (exact) mass is 287 g/mol. The average molecular weight is 287 g/mol. The number of rotatable bonds is 5. The molecule has 0 radical (unpaired) electrons. The Labute approximate surface area is 129 Å². The van der Waals surface area contributed by atoms with Crippen LogP contribution in [0.4, 0.5) is 0 Å². The van der Waals surface area contributed by atoms with E-state index in [1.807, 2.05) is 0 Å². The van der Waals surface area contributed by atoms with Crippen LogP contribution in [0.1, 0.15) is 80.1 Å². The highest BCUT2D eigenvalue weighted by Gasteiger charge is 2.21. The highest BCUT2D eigenvalue weighted by molar-refractivity contribution is 5.25. The SMILES string of the molecule is Cc1nc(C2CCCCCC2)nc(C)c1CCNC1CC1. The van der Waals surface area contributed by atoms with Gasteiger partial charge in [-0.2, -0.15) is 0 Å². The summed E-state index contributed by atoms with van der Waals surface area (Å²) in [6, 6.07) is 0.789. The molecule has 2 aliphatic rings. The lowest BCUT2D eigenvalue weighted by atomic mass is 9.98. The molecule has 3 heteroatoms. The molecule has 2 fully saturated rings. The van der Waals surface area contributed by atoms with Crippen LogP contribution in [-0.2, 0) is 6.42 Å². The second-order valence-electron chi connectivity index (χ2n) is 6.90. The zero-order valence-electron chi connectivity index (χ0n) is 13.6. The van der Waals surface area contributed by atoms with E-state index in [4.69, 9.17) is 9.97 Å². The molecule has 1 aromatic heterocycles. The minimum Gasteiger partial charge on any atom is -0.314 e. The van der Waals surface area contributed by atoms with E-state index in [0.29, 0.717) is 5.92 Å². The van der Waals surface area contributed by atoms with E-state index in [1.165, 1.54) is 68.3 Å². The summed E-state index contributed by atoms with van der Waals surface area (Å²) in [6.07, 6.45) is 11.8. The van der Waals surface area contributed by atoms with E-state index in [0.717, 1.165) is 24.8 Å². The third-order valence-corrected chi connectivity index (χ3v) is 5.04. The Kier molecular flexibility index (Phi) is 4.89. The molecule has 3 nitrogen and oxygen atoms in total.